The van der Waals surface area contributed by atoms with E-state index in [0.29, 0.717) is 0 Å². The van der Waals surface area contributed by atoms with Gasteiger partial charge in [0.15, 0.2) is 10.9 Å². The molecule has 36 heavy (non-hydrogen) atoms. The first-order valence-electron chi connectivity index (χ1n) is 11.2. The smallest absolute Gasteiger partial charge is 0.195 e. The molecule has 0 bridgehead atoms. The van der Waals surface area contributed by atoms with E-state index in [1.54, 1.807) is 0 Å². The highest BCUT2D eigenvalue weighted by Crippen LogP contribution is 2.47. The van der Waals surface area contributed by atoms with Gasteiger partial charge in [0.05, 0.1) is 0 Å². The van der Waals surface area contributed by atoms with Crippen LogP contribution in [0.25, 0.3) is 75.4 Å². The summed E-state index contributed by atoms with van der Waals surface area (Å²) >= 11 is 12.0. The van der Waals surface area contributed by atoms with Gasteiger partial charge in [-0.25, -0.2) is 0 Å². The van der Waals surface area contributed by atoms with E-state index < -0.39 is 0 Å². The fourth-order valence-corrected chi connectivity index (χ4v) is 8.62. The molecule has 0 radical (unpaired) electrons. The molecular formula is C30H10Br2I2O2. The minimum Gasteiger partial charge on any atom is -0.289 e. The van der Waals surface area contributed by atoms with Crippen LogP contribution in [0, 0.1) is 7.14 Å². The molecule has 0 atom stereocenters. The number of halogens is 4. The van der Waals surface area contributed by atoms with Crippen molar-refractivity contribution in [3.05, 3.63) is 97.2 Å². The van der Waals surface area contributed by atoms with Crippen LogP contribution in [-0.2, 0) is 0 Å². The quantitative estimate of drug-likeness (QED) is 0.0869. The lowest BCUT2D eigenvalue weighted by atomic mass is 9.84. The first kappa shape index (κ1) is 22.1. The minimum atomic E-state index is 0.0485. The van der Waals surface area contributed by atoms with Crippen LogP contribution in [0.4, 0.5) is 0 Å². The van der Waals surface area contributed by atoms with E-state index in [9.17, 15) is 9.59 Å². The average Bonchev–Trinajstić information content (AvgIpc) is 2.87. The van der Waals surface area contributed by atoms with E-state index in [2.05, 4.69) is 101 Å². The van der Waals surface area contributed by atoms with Gasteiger partial charge < -0.3 is 0 Å². The Morgan fingerprint density at radius 3 is 1.28 bits per heavy atom. The summed E-state index contributed by atoms with van der Waals surface area (Å²) in [5.41, 5.74) is 0.0970. The van der Waals surface area contributed by atoms with Crippen molar-refractivity contribution < 1.29 is 0 Å². The second kappa shape index (κ2) is 7.36. The zero-order valence-electron chi connectivity index (χ0n) is 18.1. The Morgan fingerprint density at radius 2 is 0.861 bits per heavy atom. The Labute approximate surface area is 247 Å². The Hall–Kier alpha value is -1.88. The monoisotopic (exact) mass is 814 g/mol. The molecule has 0 aliphatic rings. The molecule has 0 saturated carbocycles. The predicted octanol–water partition coefficient (Wildman–Crippen LogP) is 9.53. The van der Waals surface area contributed by atoms with Crippen molar-refractivity contribution in [3.63, 3.8) is 0 Å². The van der Waals surface area contributed by atoms with Crippen LogP contribution in [0.1, 0.15) is 0 Å². The highest BCUT2D eigenvalue weighted by molar-refractivity contribution is 14.1. The van der Waals surface area contributed by atoms with Crippen LogP contribution >= 0.6 is 77.0 Å². The van der Waals surface area contributed by atoms with E-state index in [1.165, 1.54) is 0 Å². The van der Waals surface area contributed by atoms with Gasteiger partial charge in [0.2, 0.25) is 0 Å². The molecule has 170 valence electrons. The Bertz CT molecular complexity index is 2230. The first-order valence-corrected chi connectivity index (χ1v) is 15.0. The summed E-state index contributed by atoms with van der Waals surface area (Å²) in [6, 6.07) is 20.5. The van der Waals surface area contributed by atoms with E-state index in [-0.39, 0.29) is 10.9 Å². The van der Waals surface area contributed by atoms with Gasteiger partial charge in [-0.3, -0.25) is 9.59 Å². The Kier molecular flexibility index (Phi) is 4.53. The number of hydrogen-bond donors (Lipinski definition) is 0. The molecule has 0 unspecified atom stereocenters. The maximum Gasteiger partial charge on any atom is 0.195 e. The van der Waals surface area contributed by atoms with Gasteiger partial charge in [0.25, 0.3) is 0 Å². The van der Waals surface area contributed by atoms with Gasteiger partial charge in [-0.2, -0.15) is 0 Å². The molecule has 2 nitrogen and oxygen atoms in total. The standard InChI is InChI=1S/C30H10Br2I2O2/c31-17-5-8-20(34)28-25(17)15-9-11-1-3-13-23-16(26-18(32)6-7-19(33)27(26)29(13)35)10-12-2-4-14(30(28)36)24(15)22(12)21(11)23/h1-10H. The highest BCUT2D eigenvalue weighted by atomic mass is 127. The van der Waals surface area contributed by atoms with Crippen molar-refractivity contribution in [2.24, 2.45) is 0 Å². The lowest BCUT2D eigenvalue weighted by Gasteiger charge is -2.19. The van der Waals surface area contributed by atoms with Crippen LogP contribution in [0.2, 0.25) is 0 Å². The maximum absolute atomic E-state index is 13.8. The van der Waals surface area contributed by atoms with Gasteiger partial charge in [0, 0.05) is 59.2 Å². The fraction of sp³-hybridized carbons (Fsp3) is 0. The summed E-state index contributed by atoms with van der Waals surface area (Å²) in [5.74, 6) is 0. The molecule has 8 aromatic carbocycles. The van der Waals surface area contributed by atoms with Crippen molar-refractivity contribution in [3.8, 4) is 0 Å². The molecule has 0 N–H and O–H groups in total. The lowest BCUT2D eigenvalue weighted by molar-refractivity contribution is 1.66. The molecule has 0 aliphatic carbocycles. The third-order valence-corrected chi connectivity index (χ3v) is 10.7. The molecule has 0 aliphatic heterocycles. The predicted molar refractivity (Wildman–Crippen MR) is 176 cm³/mol. The number of fused-ring (bicyclic) bond motifs is 4. The van der Waals surface area contributed by atoms with Gasteiger partial charge in [-0.1, -0.05) is 44.0 Å². The molecular weight excluding hydrogens is 806 g/mol. The highest BCUT2D eigenvalue weighted by Gasteiger charge is 2.23. The summed E-state index contributed by atoms with van der Waals surface area (Å²) in [6.07, 6.45) is 0. The molecule has 0 fully saturated rings. The first-order chi connectivity index (χ1) is 17.4. The van der Waals surface area contributed by atoms with Crippen LogP contribution in [-0.4, -0.2) is 0 Å². The largest absolute Gasteiger partial charge is 0.289 e. The second-order valence-corrected chi connectivity index (χ2v) is 13.3. The summed E-state index contributed by atoms with van der Waals surface area (Å²) in [4.78, 5) is 27.6. The molecule has 0 spiro atoms. The third kappa shape index (κ3) is 2.57. The summed E-state index contributed by atoms with van der Waals surface area (Å²) in [7, 11) is 0. The van der Waals surface area contributed by atoms with Crippen LogP contribution in [0.5, 0.6) is 0 Å². The molecule has 0 heterocycles. The normalized spacial score (nSPS) is 12.7. The molecule has 8 aromatic rings. The zero-order valence-corrected chi connectivity index (χ0v) is 25.6. The maximum atomic E-state index is 13.8. The van der Waals surface area contributed by atoms with Crippen molar-refractivity contribution in [2.45, 2.75) is 0 Å². The van der Waals surface area contributed by atoms with Crippen molar-refractivity contribution in [2.75, 3.05) is 0 Å². The number of benzene rings is 8. The molecule has 0 aromatic heterocycles. The molecule has 8 rings (SSSR count). The molecule has 0 saturated heterocycles. The van der Waals surface area contributed by atoms with Crippen LogP contribution in [0.15, 0.2) is 79.2 Å². The second-order valence-electron chi connectivity index (χ2n) is 9.24. The van der Waals surface area contributed by atoms with E-state index in [0.717, 1.165) is 91.5 Å². The fourth-order valence-electron chi connectivity index (χ4n) is 6.15. The van der Waals surface area contributed by atoms with Crippen LogP contribution < -0.4 is 10.9 Å². The molecule has 0 amide bonds. The number of rotatable bonds is 0. The lowest BCUT2D eigenvalue weighted by Crippen LogP contribution is -2.08. The Morgan fingerprint density at radius 1 is 0.444 bits per heavy atom. The zero-order chi connectivity index (χ0) is 24.6. The summed E-state index contributed by atoms with van der Waals surface area (Å²) in [5, 5.41) is 13.2. The van der Waals surface area contributed by atoms with Gasteiger partial charge in [0.1, 0.15) is 0 Å². The van der Waals surface area contributed by atoms with Crippen molar-refractivity contribution in [1.29, 1.82) is 0 Å². The third-order valence-electron chi connectivity index (χ3n) is 7.55. The Balaban J connectivity index is 1.79. The minimum absolute atomic E-state index is 0.0485. The van der Waals surface area contributed by atoms with Gasteiger partial charge in [-0.05, 0) is 126 Å². The number of hydrogen-bond acceptors (Lipinski definition) is 2. The summed E-state index contributed by atoms with van der Waals surface area (Å²) < 4.78 is 3.72. The topological polar surface area (TPSA) is 34.1 Å². The van der Waals surface area contributed by atoms with Crippen LogP contribution in [0.3, 0.4) is 0 Å². The summed E-state index contributed by atoms with van der Waals surface area (Å²) in [6.45, 7) is 0. The molecule has 6 heteroatoms. The van der Waals surface area contributed by atoms with E-state index >= 15 is 0 Å². The van der Waals surface area contributed by atoms with E-state index in [4.69, 9.17) is 0 Å². The van der Waals surface area contributed by atoms with Gasteiger partial charge in [-0.15, -0.1) is 0 Å². The van der Waals surface area contributed by atoms with Crippen molar-refractivity contribution >= 4 is 152 Å². The average molecular weight is 816 g/mol. The SMILES string of the molecule is O=c1c2ccc3cc4c5c(Br)ccc(I)c5c(=O)c5ccc6cc(c7c(Br)ccc(I)c17)c2c3c6c54. The van der Waals surface area contributed by atoms with E-state index in [1.807, 2.05) is 36.4 Å². The van der Waals surface area contributed by atoms with Crippen molar-refractivity contribution in [1.82, 2.24) is 0 Å². The van der Waals surface area contributed by atoms with Gasteiger partial charge >= 0.3 is 0 Å².